The molecule has 3 aliphatic rings. The predicted octanol–water partition coefficient (Wildman–Crippen LogP) is 7.66. The van der Waals surface area contributed by atoms with Gasteiger partial charge in [-0.25, -0.2) is 0 Å². The molecule has 0 aromatic heterocycles. The van der Waals surface area contributed by atoms with Crippen molar-refractivity contribution in [1.29, 1.82) is 0 Å². The highest BCUT2D eigenvalue weighted by Crippen LogP contribution is 2.33. The molecule has 0 radical (unpaired) electrons. The molecule has 3 rings (SSSR count). The van der Waals surface area contributed by atoms with E-state index in [-0.39, 0.29) is 18.9 Å². The Morgan fingerprint density at radius 2 is 0.762 bits per heavy atom. The predicted molar refractivity (Wildman–Crippen MR) is 323 cm³/mol. The molecule has 1 amide bonds. The molecule has 0 aliphatic carbocycles. The van der Waals surface area contributed by atoms with E-state index >= 15 is 0 Å². The fourth-order valence-corrected chi connectivity index (χ4v) is 11.2. The third-order valence-corrected chi connectivity index (χ3v) is 16.7. The van der Waals surface area contributed by atoms with Crippen LogP contribution in [0, 0.1) is 0 Å². The highest BCUT2D eigenvalue weighted by Gasteiger charge is 2.53. The fraction of sp³-hybridized carbons (Fsp3) is 0.892. The van der Waals surface area contributed by atoms with Crippen LogP contribution < -0.4 is 5.32 Å². The molecule has 0 aromatic rings. The van der Waals surface area contributed by atoms with Crippen molar-refractivity contribution in [3.05, 3.63) is 36.5 Å². The smallest absolute Gasteiger partial charge is 0.220 e. The van der Waals surface area contributed by atoms with Gasteiger partial charge in [-0.3, -0.25) is 4.79 Å². The van der Waals surface area contributed by atoms with E-state index < -0.39 is 124 Å². The van der Waals surface area contributed by atoms with E-state index in [4.69, 9.17) is 28.4 Å². The largest absolute Gasteiger partial charge is 0.394 e. The zero-order valence-corrected chi connectivity index (χ0v) is 51.6. The summed E-state index contributed by atoms with van der Waals surface area (Å²) in [5.74, 6) is -0.293. The third-order valence-electron chi connectivity index (χ3n) is 16.7. The lowest BCUT2D eigenvalue weighted by Gasteiger charge is -2.48. The molecule has 3 saturated heterocycles. The van der Waals surface area contributed by atoms with Gasteiger partial charge >= 0.3 is 0 Å². The second-order valence-corrected chi connectivity index (χ2v) is 23.9. The van der Waals surface area contributed by atoms with Crippen LogP contribution in [0.15, 0.2) is 36.5 Å². The Morgan fingerprint density at radius 1 is 0.417 bits per heavy atom. The third kappa shape index (κ3) is 30.5. The molecule has 0 bridgehead atoms. The molecular formula is C65H119NO18. The Bertz CT molecular complexity index is 1670. The number of hydrogen-bond donors (Lipinski definition) is 12. The summed E-state index contributed by atoms with van der Waals surface area (Å²) in [5.41, 5.74) is 0. The Balaban J connectivity index is 1.40. The van der Waals surface area contributed by atoms with Crippen LogP contribution in [0.2, 0.25) is 0 Å². The van der Waals surface area contributed by atoms with Gasteiger partial charge in [-0.2, -0.15) is 0 Å². The Morgan fingerprint density at radius 3 is 1.19 bits per heavy atom. The summed E-state index contributed by atoms with van der Waals surface area (Å²) in [4.78, 5) is 13.2. The number of unbranched alkanes of at least 4 members (excludes halogenated alkanes) is 30. The second-order valence-electron chi connectivity index (χ2n) is 23.9. The van der Waals surface area contributed by atoms with Crippen LogP contribution in [-0.2, 0) is 33.2 Å². The quantitative estimate of drug-likeness (QED) is 0.0205. The van der Waals surface area contributed by atoms with Crippen LogP contribution in [-0.4, -0.2) is 193 Å². The van der Waals surface area contributed by atoms with Gasteiger partial charge in [0, 0.05) is 6.42 Å². The topological polar surface area (TPSA) is 307 Å². The number of allylic oxidation sites excluding steroid dienone is 5. The van der Waals surface area contributed by atoms with Crippen LogP contribution in [0.3, 0.4) is 0 Å². The maximum absolute atomic E-state index is 13.2. The number of aliphatic hydroxyl groups excluding tert-OH is 11. The van der Waals surface area contributed by atoms with Gasteiger partial charge in [-0.05, 0) is 44.9 Å². The second kappa shape index (κ2) is 47.9. The average Bonchev–Trinajstić information content (AvgIpc) is 3.13. The Hall–Kier alpha value is -1.99. The van der Waals surface area contributed by atoms with Crippen molar-refractivity contribution in [2.24, 2.45) is 0 Å². The molecule has 19 nitrogen and oxygen atoms in total. The van der Waals surface area contributed by atoms with E-state index in [0.717, 1.165) is 44.9 Å². The number of aliphatic hydroxyl groups is 11. The maximum Gasteiger partial charge on any atom is 0.220 e. The standard InChI is InChI=1S/C65H119NO18/c1-3-5-7-9-11-13-14-15-16-17-18-19-20-21-22-23-24-25-26-27-28-29-30-31-32-33-35-36-38-40-42-49(70)48(66-53(71)43-41-39-37-34-12-10-8-6-4-2)47-79-63-59(77)56(74)61(51(45-68)81-63)84-65-60(78)57(75)62(52(46-69)82-65)83-64-58(76)55(73)54(72)50(44-67)80-64/h29-30,33,35,40,42,48-52,54-65,67-70,72-78H,3-28,31-32,34,36-39,41,43-47H2,1-2H3,(H,66,71)/b30-29+,35-33+,42-40+. The number of rotatable bonds is 50. The molecule has 84 heavy (non-hydrogen) atoms. The first-order valence-corrected chi connectivity index (χ1v) is 33.2. The Labute approximate surface area is 504 Å². The number of amides is 1. The van der Waals surface area contributed by atoms with Gasteiger partial charge in [0.25, 0.3) is 0 Å². The van der Waals surface area contributed by atoms with E-state index in [0.29, 0.717) is 12.8 Å². The summed E-state index contributed by atoms with van der Waals surface area (Å²) >= 11 is 0. The molecular weight excluding hydrogens is 1080 g/mol. The summed E-state index contributed by atoms with van der Waals surface area (Å²) in [6, 6.07) is -0.992. The molecule has 19 heteroatoms. The minimum atomic E-state index is -1.98. The normalized spacial score (nSPS) is 29.4. The van der Waals surface area contributed by atoms with Crippen molar-refractivity contribution in [2.75, 3.05) is 26.4 Å². The number of carbonyl (C=O) groups excluding carboxylic acids is 1. The zero-order chi connectivity index (χ0) is 61.2. The summed E-state index contributed by atoms with van der Waals surface area (Å²) in [5, 5.41) is 120. The first-order chi connectivity index (χ1) is 40.8. The van der Waals surface area contributed by atoms with Gasteiger partial charge in [-0.1, -0.05) is 224 Å². The molecule has 3 aliphatic heterocycles. The summed E-state index contributed by atoms with van der Waals surface area (Å²) < 4.78 is 34.2. The highest BCUT2D eigenvalue weighted by molar-refractivity contribution is 5.76. The van der Waals surface area contributed by atoms with Crippen molar-refractivity contribution in [3.63, 3.8) is 0 Å². The van der Waals surface area contributed by atoms with Crippen molar-refractivity contribution in [3.8, 4) is 0 Å². The van der Waals surface area contributed by atoms with E-state index in [1.54, 1.807) is 6.08 Å². The molecule has 3 fully saturated rings. The average molecular weight is 1200 g/mol. The summed E-state index contributed by atoms with van der Waals surface area (Å²) in [6.45, 7) is 1.67. The van der Waals surface area contributed by atoms with Gasteiger partial charge in [0.05, 0.1) is 38.6 Å². The van der Waals surface area contributed by atoms with Crippen molar-refractivity contribution < 1.29 is 89.4 Å². The lowest BCUT2D eigenvalue weighted by Crippen LogP contribution is -2.66. The maximum atomic E-state index is 13.2. The number of hydrogen-bond acceptors (Lipinski definition) is 18. The minimum absolute atomic E-state index is 0.233. The first-order valence-electron chi connectivity index (χ1n) is 33.2. The molecule has 0 spiro atoms. The molecule has 3 heterocycles. The van der Waals surface area contributed by atoms with Crippen molar-refractivity contribution in [1.82, 2.24) is 5.32 Å². The van der Waals surface area contributed by atoms with Gasteiger partial charge < -0.3 is 89.9 Å². The van der Waals surface area contributed by atoms with Crippen LogP contribution >= 0.6 is 0 Å². The van der Waals surface area contributed by atoms with Crippen LogP contribution in [0.5, 0.6) is 0 Å². The molecule has 17 unspecified atom stereocenters. The van der Waals surface area contributed by atoms with Crippen LogP contribution in [0.25, 0.3) is 0 Å². The monoisotopic (exact) mass is 1200 g/mol. The van der Waals surface area contributed by atoms with E-state index in [9.17, 15) is 61.0 Å². The first kappa shape index (κ1) is 76.3. The molecule has 0 saturated carbocycles. The van der Waals surface area contributed by atoms with Gasteiger partial charge in [0.1, 0.15) is 73.2 Å². The van der Waals surface area contributed by atoms with Crippen molar-refractivity contribution >= 4 is 5.91 Å². The lowest BCUT2D eigenvalue weighted by atomic mass is 9.96. The number of ether oxygens (including phenoxy) is 6. The lowest BCUT2D eigenvalue weighted by molar-refractivity contribution is -0.379. The van der Waals surface area contributed by atoms with Crippen LogP contribution in [0.1, 0.15) is 239 Å². The molecule has 492 valence electrons. The van der Waals surface area contributed by atoms with E-state index in [2.05, 4.69) is 43.5 Å². The summed E-state index contributed by atoms with van der Waals surface area (Å²) in [6.07, 6.45) is 27.5. The van der Waals surface area contributed by atoms with Gasteiger partial charge in [0.2, 0.25) is 5.91 Å². The fourth-order valence-electron chi connectivity index (χ4n) is 11.2. The Kier molecular flexibility index (Phi) is 43.5. The van der Waals surface area contributed by atoms with E-state index in [1.165, 1.54) is 161 Å². The van der Waals surface area contributed by atoms with Crippen LogP contribution in [0.4, 0.5) is 0 Å². The van der Waals surface area contributed by atoms with E-state index in [1.807, 2.05) is 6.08 Å². The molecule has 0 aromatic carbocycles. The molecule has 17 atom stereocenters. The number of carbonyl (C=O) groups is 1. The van der Waals surface area contributed by atoms with Gasteiger partial charge in [0.15, 0.2) is 18.9 Å². The minimum Gasteiger partial charge on any atom is -0.394 e. The van der Waals surface area contributed by atoms with Gasteiger partial charge in [-0.15, -0.1) is 0 Å². The SMILES string of the molecule is CCCCCCCCCCCCCCCCCCCCCC/C=C/CC/C=C/CC/C=C/C(O)C(COC1OC(CO)C(OC2OC(CO)C(OC3OC(CO)C(O)C(O)C3O)C(O)C2O)C(O)C1O)NC(=O)CCCCCCCCCCC. The highest BCUT2D eigenvalue weighted by atomic mass is 16.8. The number of nitrogens with one attached hydrogen (secondary N) is 1. The zero-order valence-electron chi connectivity index (χ0n) is 51.6. The summed E-state index contributed by atoms with van der Waals surface area (Å²) in [7, 11) is 0. The molecule has 12 N–H and O–H groups in total. The van der Waals surface area contributed by atoms with Crippen molar-refractivity contribution in [2.45, 2.75) is 343 Å².